The first-order valence-electron chi connectivity index (χ1n) is 8.50. The third-order valence-electron chi connectivity index (χ3n) is 4.49. The van der Waals surface area contributed by atoms with Crippen molar-refractivity contribution in [2.24, 2.45) is 0 Å². The van der Waals surface area contributed by atoms with Gasteiger partial charge in [0.2, 0.25) is 5.91 Å². The van der Waals surface area contributed by atoms with E-state index in [0.29, 0.717) is 31.8 Å². The van der Waals surface area contributed by atoms with Crippen molar-refractivity contribution < 1.29 is 18.4 Å². The molecule has 1 fully saturated rings. The van der Waals surface area contributed by atoms with Gasteiger partial charge in [0.15, 0.2) is 5.76 Å². The molecule has 0 aromatic carbocycles. The Bertz CT molecular complexity index is 547. The van der Waals surface area contributed by atoms with E-state index in [-0.39, 0.29) is 24.2 Å². The fourth-order valence-corrected chi connectivity index (χ4v) is 2.67. The van der Waals surface area contributed by atoms with E-state index in [1.54, 1.807) is 0 Å². The number of ether oxygens (including phenoxy) is 1. The number of amides is 1. The first-order valence-corrected chi connectivity index (χ1v) is 8.50. The Hall–Kier alpha value is -1.47. The first kappa shape index (κ1) is 18.9. The third kappa shape index (κ3) is 5.56. The molecule has 1 N–H and O–H groups in total. The molecule has 0 aliphatic carbocycles. The van der Waals surface area contributed by atoms with Gasteiger partial charge in [-0.3, -0.25) is 9.69 Å². The second kappa shape index (κ2) is 8.07. The van der Waals surface area contributed by atoms with Crippen LogP contribution in [0.5, 0.6) is 0 Å². The fourth-order valence-electron chi connectivity index (χ4n) is 2.67. The third-order valence-corrected chi connectivity index (χ3v) is 4.49. The monoisotopic (exact) mass is 341 g/mol. The number of carbonyl (C=O) groups is 1. The Morgan fingerprint density at radius 3 is 2.96 bits per heavy atom. The summed E-state index contributed by atoms with van der Waals surface area (Å²) in [5.74, 6) is 0.542. The number of hydrogen-bond donors (Lipinski definition) is 1. The predicted molar refractivity (Wildman–Crippen MR) is 88.3 cm³/mol. The van der Waals surface area contributed by atoms with Gasteiger partial charge in [-0.25, -0.2) is 4.39 Å². The van der Waals surface area contributed by atoms with Gasteiger partial charge >= 0.3 is 0 Å². The van der Waals surface area contributed by atoms with E-state index in [2.05, 4.69) is 10.5 Å². The average molecular weight is 341 g/mol. The standard InChI is InChI=1S/C17H28FN3O3/c1-5-17(3,4)23-11-16(22)19-8-14-7-13(18)9-21(14)10-15-6-12(2)20-24-15/h6,13-14H,5,7-11H2,1-4H3,(H,19,22)/t13-,14-/m0/s1. The van der Waals surface area contributed by atoms with Crippen molar-refractivity contribution in [1.29, 1.82) is 0 Å². The summed E-state index contributed by atoms with van der Waals surface area (Å²) in [4.78, 5) is 13.9. The van der Waals surface area contributed by atoms with Crippen LogP contribution < -0.4 is 5.32 Å². The lowest BCUT2D eigenvalue weighted by molar-refractivity contribution is -0.131. The number of halogens is 1. The summed E-state index contributed by atoms with van der Waals surface area (Å²) in [6.45, 7) is 9.04. The van der Waals surface area contributed by atoms with Crippen LogP contribution in [0.3, 0.4) is 0 Å². The van der Waals surface area contributed by atoms with Crippen LogP contribution in [-0.2, 0) is 16.1 Å². The highest BCUT2D eigenvalue weighted by Gasteiger charge is 2.33. The van der Waals surface area contributed by atoms with Gasteiger partial charge in [0.25, 0.3) is 0 Å². The van der Waals surface area contributed by atoms with Gasteiger partial charge in [-0.2, -0.15) is 0 Å². The van der Waals surface area contributed by atoms with Crippen molar-refractivity contribution in [1.82, 2.24) is 15.4 Å². The molecular weight excluding hydrogens is 313 g/mol. The maximum atomic E-state index is 13.8. The molecule has 6 nitrogen and oxygen atoms in total. The lowest BCUT2D eigenvalue weighted by Crippen LogP contribution is -2.41. The van der Waals surface area contributed by atoms with Gasteiger partial charge in [0.05, 0.1) is 17.8 Å². The largest absolute Gasteiger partial charge is 0.366 e. The lowest BCUT2D eigenvalue weighted by atomic mass is 10.1. The minimum atomic E-state index is -0.883. The maximum absolute atomic E-state index is 13.8. The molecule has 0 spiro atoms. The number of likely N-dealkylation sites (tertiary alicyclic amines) is 1. The van der Waals surface area contributed by atoms with E-state index in [0.717, 1.165) is 12.1 Å². The van der Waals surface area contributed by atoms with Crippen LogP contribution in [-0.4, -0.2) is 53.5 Å². The quantitative estimate of drug-likeness (QED) is 0.785. The van der Waals surface area contributed by atoms with Crippen molar-refractivity contribution >= 4 is 5.91 Å². The van der Waals surface area contributed by atoms with Crippen LogP contribution >= 0.6 is 0 Å². The Kier molecular flexibility index (Phi) is 6.34. The topological polar surface area (TPSA) is 67.6 Å². The maximum Gasteiger partial charge on any atom is 0.246 e. The number of rotatable bonds is 8. The number of aromatic nitrogens is 1. The van der Waals surface area contributed by atoms with E-state index in [9.17, 15) is 9.18 Å². The van der Waals surface area contributed by atoms with Gasteiger partial charge in [-0.1, -0.05) is 12.1 Å². The molecule has 2 atom stereocenters. The van der Waals surface area contributed by atoms with Crippen LogP contribution in [0.25, 0.3) is 0 Å². The highest BCUT2D eigenvalue weighted by atomic mass is 19.1. The number of nitrogens with one attached hydrogen (secondary N) is 1. The van der Waals surface area contributed by atoms with E-state index in [1.165, 1.54) is 0 Å². The molecule has 1 aromatic heterocycles. The van der Waals surface area contributed by atoms with Gasteiger partial charge in [-0.15, -0.1) is 0 Å². The van der Waals surface area contributed by atoms with Gasteiger partial charge in [0, 0.05) is 25.2 Å². The summed E-state index contributed by atoms with van der Waals surface area (Å²) >= 11 is 0. The molecular formula is C17H28FN3O3. The van der Waals surface area contributed by atoms with Crippen molar-refractivity contribution in [3.63, 3.8) is 0 Å². The zero-order chi connectivity index (χ0) is 17.7. The minimum absolute atomic E-state index is 0.0217. The molecule has 1 amide bonds. The smallest absolute Gasteiger partial charge is 0.246 e. The van der Waals surface area contributed by atoms with Crippen molar-refractivity contribution in [3.8, 4) is 0 Å². The fraction of sp³-hybridized carbons (Fsp3) is 0.765. The summed E-state index contributed by atoms with van der Waals surface area (Å²) in [6.07, 6.45) is 0.358. The molecule has 0 bridgehead atoms. The van der Waals surface area contributed by atoms with Crippen LogP contribution in [0.1, 0.15) is 45.1 Å². The zero-order valence-electron chi connectivity index (χ0n) is 15.0. The van der Waals surface area contributed by atoms with Crippen LogP contribution in [0, 0.1) is 6.92 Å². The van der Waals surface area contributed by atoms with Gasteiger partial charge < -0.3 is 14.6 Å². The van der Waals surface area contributed by atoms with Crippen molar-refractivity contribution in [2.45, 2.75) is 64.9 Å². The Morgan fingerprint density at radius 2 is 2.33 bits per heavy atom. The molecule has 0 radical (unpaired) electrons. The van der Waals surface area contributed by atoms with Crippen molar-refractivity contribution in [2.75, 3.05) is 19.7 Å². The SMILES string of the molecule is CCC(C)(C)OCC(=O)NC[C@@H]1C[C@H](F)CN1Cc1cc(C)no1. The van der Waals surface area contributed by atoms with Crippen LogP contribution in [0.15, 0.2) is 10.6 Å². The second-order valence-corrected chi connectivity index (χ2v) is 7.06. The molecule has 2 heterocycles. The molecule has 1 aromatic rings. The summed E-state index contributed by atoms with van der Waals surface area (Å²) in [7, 11) is 0. The zero-order valence-corrected chi connectivity index (χ0v) is 15.0. The Labute approximate surface area is 142 Å². The lowest BCUT2D eigenvalue weighted by Gasteiger charge is -2.25. The van der Waals surface area contributed by atoms with Crippen molar-refractivity contribution in [3.05, 3.63) is 17.5 Å². The Morgan fingerprint density at radius 1 is 1.58 bits per heavy atom. The molecule has 1 aliphatic rings. The number of alkyl halides is 1. The van der Waals surface area contributed by atoms with E-state index in [1.807, 2.05) is 38.7 Å². The van der Waals surface area contributed by atoms with E-state index >= 15 is 0 Å². The molecule has 2 rings (SSSR count). The predicted octanol–water partition coefficient (Wildman–Crippen LogP) is 2.22. The normalized spacial score (nSPS) is 22.0. The number of aryl methyl sites for hydroxylation is 1. The van der Waals surface area contributed by atoms with Crippen LogP contribution in [0.4, 0.5) is 4.39 Å². The van der Waals surface area contributed by atoms with E-state index in [4.69, 9.17) is 9.26 Å². The first-order chi connectivity index (χ1) is 11.3. The summed E-state index contributed by atoms with van der Waals surface area (Å²) in [6, 6.07) is 1.80. The highest BCUT2D eigenvalue weighted by molar-refractivity contribution is 5.77. The number of carbonyl (C=O) groups excluding carboxylic acids is 1. The minimum Gasteiger partial charge on any atom is -0.366 e. The van der Waals surface area contributed by atoms with Gasteiger partial charge in [0.1, 0.15) is 12.8 Å². The molecule has 136 valence electrons. The molecule has 1 saturated heterocycles. The highest BCUT2D eigenvalue weighted by Crippen LogP contribution is 2.22. The summed E-state index contributed by atoms with van der Waals surface area (Å²) in [5.41, 5.74) is 0.492. The Balaban J connectivity index is 1.80. The average Bonchev–Trinajstić information content (AvgIpc) is 3.09. The van der Waals surface area contributed by atoms with Gasteiger partial charge in [-0.05, 0) is 33.6 Å². The molecule has 7 heteroatoms. The number of nitrogens with zero attached hydrogens (tertiary/aromatic N) is 2. The molecule has 0 saturated carbocycles. The van der Waals surface area contributed by atoms with Crippen LogP contribution in [0.2, 0.25) is 0 Å². The number of hydrogen-bond acceptors (Lipinski definition) is 5. The van der Waals surface area contributed by atoms with E-state index < -0.39 is 6.17 Å². The molecule has 1 aliphatic heterocycles. The second-order valence-electron chi connectivity index (χ2n) is 7.06. The molecule has 0 unspecified atom stereocenters. The molecule has 24 heavy (non-hydrogen) atoms. The summed E-state index contributed by atoms with van der Waals surface area (Å²) < 4.78 is 24.6. The summed E-state index contributed by atoms with van der Waals surface area (Å²) in [5, 5.41) is 6.69.